The second-order valence-corrected chi connectivity index (χ2v) is 9.85. The van der Waals surface area contributed by atoms with E-state index in [1.807, 2.05) is 11.8 Å². The quantitative estimate of drug-likeness (QED) is 0.738. The van der Waals surface area contributed by atoms with Crippen LogP contribution in [0.25, 0.3) is 0 Å². The Morgan fingerprint density at radius 3 is 3.12 bits per heavy atom. The SMILES string of the molecule is [2H]C([2H])([2H])C1=NC2OC3=C([C@H]4CC=C5S[C@@H](C)[C@@H](C)[C@H]5N4)CCCC3C2CC1. The fourth-order valence-corrected chi connectivity index (χ4v) is 6.84. The number of fused-ring (bicyclic) bond motifs is 4. The molecule has 0 aromatic heterocycles. The summed E-state index contributed by atoms with van der Waals surface area (Å²) in [7, 11) is 0. The molecule has 5 aliphatic rings. The Balaban J connectivity index is 1.42. The van der Waals surface area contributed by atoms with Gasteiger partial charge in [0.15, 0.2) is 6.23 Å². The van der Waals surface area contributed by atoms with Gasteiger partial charge in [0.1, 0.15) is 5.76 Å². The van der Waals surface area contributed by atoms with Crippen molar-refractivity contribution in [1.29, 1.82) is 0 Å². The molecule has 0 radical (unpaired) electrons. The molecule has 2 fully saturated rings. The predicted octanol–water partition coefficient (Wildman–Crippen LogP) is 4.65. The van der Waals surface area contributed by atoms with Gasteiger partial charge in [-0.2, -0.15) is 0 Å². The van der Waals surface area contributed by atoms with Crippen molar-refractivity contribution in [3.8, 4) is 0 Å². The number of aliphatic imine (C=N–C) groups is 1. The van der Waals surface area contributed by atoms with Crippen LogP contribution in [0.3, 0.4) is 0 Å². The lowest BCUT2D eigenvalue weighted by Gasteiger charge is -2.35. The number of thioether (sulfide) groups is 1. The van der Waals surface area contributed by atoms with E-state index in [-0.39, 0.29) is 6.23 Å². The smallest absolute Gasteiger partial charge is 0.192 e. The highest BCUT2D eigenvalue weighted by Gasteiger charge is 2.47. The summed E-state index contributed by atoms with van der Waals surface area (Å²) in [5, 5.41) is 4.60. The molecule has 0 bridgehead atoms. The molecule has 0 aromatic rings. The lowest BCUT2D eigenvalue weighted by Crippen LogP contribution is -2.45. The standard InChI is InChI=1S/C21H30N2OS/c1-11-7-8-15-14-5-4-6-16(20(14)24-21(15)22-11)17-9-10-18-19(23-17)12(2)13(3)25-18/h10,12-15,17,19,21,23H,4-9H2,1-3H3/t12-,13+,14?,15?,17-,19-,21?/m1/s1/i1D3. The minimum atomic E-state index is -2.08. The van der Waals surface area contributed by atoms with Gasteiger partial charge in [0, 0.05) is 39.0 Å². The van der Waals surface area contributed by atoms with E-state index in [1.54, 1.807) is 0 Å². The van der Waals surface area contributed by atoms with Crippen molar-refractivity contribution < 1.29 is 8.85 Å². The molecule has 0 aromatic carbocycles. The average molecular weight is 362 g/mol. The van der Waals surface area contributed by atoms with Crippen LogP contribution in [-0.4, -0.2) is 29.3 Å². The predicted molar refractivity (Wildman–Crippen MR) is 105 cm³/mol. The third kappa shape index (κ3) is 2.63. The van der Waals surface area contributed by atoms with Gasteiger partial charge in [-0.25, -0.2) is 0 Å². The van der Waals surface area contributed by atoms with Crippen molar-refractivity contribution in [3.05, 3.63) is 22.3 Å². The van der Waals surface area contributed by atoms with Gasteiger partial charge in [-0.05, 0) is 61.8 Å². The van der Waals surface area contributed by atoms with Gasteiger partial charge in [-0.15, -0.1) is 11.8 Å². The van der Waals surface area contributed by atoms with Gasteiger partial charge in [-0.3, -0.25) is 4.99 Å². The summed E-state index contributed by atoms with van der Waals surface area (Å²) >= 11 is 2.02. The largest absolute Gasteiger partial charge is 0.472 e. The van der Waals surface area contributed by atoms with E-state index in [0.29, 0.717) is 47.2 Å². The topological polar surface area (TPSA) is 33.6 Å². The Morgan fingerprint density at radius 2 is 2.24 bits per heavy atom. The summed E-state index contributed by atoms with van der Waals surface area (Å²) < 4.78 is 29.5. The summed E-state index contributed by atoms with van der Waals surface area (Å²) in [5.74, 6) is 2.57. The summed E-state index contributed by atoms with van der Waals surface area (Å²) in [6, 6.07) is 0.821. The number of nitrogens with zero attached hydrogens (tertiary/aromatic N) is 1. The maximum Gasteiger partial charge on any atom is 0.192 e. The van der Waals surface area contributed by atoms with Crippen LogP contribution in [-0.2, 0) is 4.74 Å². The van der Waals surface area contributed by atoms with Crippen molar-refractivity contribution in [3.63, 3.8) is 0 Å². The molecule has 1 N–H and O–H groups in total. The minimum absolute atomic E-state index is 0.284. The highest BCUT2D eigenvalue weighted by Crippen LogP contribution is 2.50. The molecule has 4 heterocycles. The van der Waals surface area contributed by atoms with E-state index in [9.17, 15) is 0 Å². The second-order valence-electron chi connectivity index (χ2n) is 8.40. The molecule has 2 saturated heterocycles. The Labute approximate surface area is 160 Å². The first kappa shape index (κ1) is 13.4. The van der Waals surface area contributed by atoms with Crippen molar-refractivity contribution in [1.82, 2.24) is 5.32 Å². The van der Waals surface area contributed by atoms with Crippen LogP contribution in [0.5, 0.6) is 0 Å². The van der Waals surface area contributed by atoms with Crippen molar-refractivity contribution in [2.75, 3.05) is 0 Å². The number of nitrogens with one attached hydrogen (secondary N) is 1. The molecule has 1 aliphatic carbocycles. The molecule has 3 nitrogen and oxygen atoms in total. The molecule has 25 heavy (non-hydrogen) atoms. The van der Waals surface area contributed by atoms with Crippen LogP contribution < -0.4 is 5.32 Å². The van der Waals surface area contributed by atoms with Crippen molar-refractivity contribution >= 4 is 17.5 Å². The van der Waals surface area contributed by atoms with Crippen LogP contribution in [0.4, 0.5) is 0 Å². The van der Waals surface area contributed by atoms with E-state index < -0.39 is 6.85 Å². The Morgan fingerprint density at radius 1 is 1.32 bits per heavy atom. The zero-order valence-electron chi connectivity index (χ0n) is 18.1. The minimum Gasteiger partial charge on any atom is -0.472 e. The molecular weight excluding hydrogens is 328 g/mol. The number of hydrogen-bond acceptors (Lipinski definition) is 4. The molecule has 7 atom stereocenters. The molecule has 3 unspecified atom stereocenters. The van der Waals surface area contributed by atoms with Crippen LogP contribution in [0.2, 0.25) is 0 Å². The second kappa shape index (κ2) is 6.16. The summed E-state index contributed by atoms with van der Waals surface area (Å²) in [4.78, 5) is 6.07. The van der Waals surface area contributed by atoms with Crippen LogP contribution in [0.15, 0.2) is 27.3 Å². The Kier molecular flexibility index (Phi) is 3.31. The first-order valence-electron chi connectivity index (χ1n) is 11.4. The summed E-state index contributed by atoms with van der Waals surface area (Å²) in [6.07, 6.45) is 8.11. The van der Waals surface area contributed by atoms with E-state index in [0.717, 1.165) is 31.4 Å². The molecule has 4 aliphatic heterocycles. The van der Waals surface area contributed by atoms with Crippen molar-refractivity contribution in [2.45, 2.75) is 82.8 Å². The third-order valence-electron chi connectivity index (χ3n) is 6.99. The monoisotopic (exact) mass is 361 g/mol. The van der Waals surface area contributed by atoms with Gasteiger partial charge >= 0.3 is 0 Å². The normalized spacial score (nSPS) is 48.2. The first-order valence-corrected chi connectivity index (χ1v) is 10.8. The zero-order chi connectivity index (χ0) is 19.6. The molecule has 0 amide bonds. The molecular formula is C21H30N2OS. The Hall–Kier alpha value is -0.740. The molecule has 5 rings (SSSR count). The number of allylic oxidation sites excluding steroid dienone is 1. The zero-order valence-corrected chi connectivity index (χ0v) is 15.9. The number of hydrogen-bond donors (Lipinski definition) is 1. The molecule has 4 heteroatoms. The summed E-state index contributed by atoms with van der Waals surface area (Å²) in [5.41, 5.74) is 1.78. The fraction of sp³-hybridized carbons (Fsp3) is 0.762. The first-order chi connectivity index (χ1) is 13.3. The van der Waals surface area contributed by atoms with Gasteiger partial charge in [0.25, 0.3) is 0 Å². The number of ether oxygens (including phenoxy) is 1. The van der Waals surface area contributed by atoms with Crippen molar-refractivity contribution in [2.24, 2.45) is 22.7 Å². The highest BCUT2D eigenvalue weighted by atomic mass is 32.2. The summed E-state index contributed by atoms with van der Waals surface area (Å²) in [6.45, 7) is 2.60. The van der Waals surface area contributed by atoms with Gasteiger partial charge in [0.2, 0.25) is 0 Å². The molecule has 0 saturated carbocycles. The van der Waals surface area contributed by atoms with Gasteiger partial charge in [0.05, 0.1) is 0 Å². The van der Waals surface area contributed by atoms with Gasteiger partial charge in [-0.1, -0.05) is 19.9 Å². The van der Waals surface area contributed by atoms with E-state index >= 15 is 0 Å². The maximum absolute atomic E-state index is 7.70. The van der Waals surface area contributed by atoms with Gasteiger partial charge < -0.3 is 10.1 Å². The van der Waals surface area contributed by atoms with Crippen LogP contribution in [0, 0.1) is 17.8 Å². The average Bonchev–Trinajstić information content (AvgIpc) is 3.17. The van der Waals surface area contributed by atoms with E-state index in [1.165, 1.54) is 16.9 Å². The third-order valence-corrected chi connectivity index (χ3v) is 8.49. The molecule has 136 valence electrons. The lowest BCUT2D eigenvalue weighted by atomic mass is 9.76. The van der Waals surface area contributed by atoms with Crippen LogP contribution >= 0.6 is 11.8 Å². The van der Waals surface area contributed by atoms with E-state index in [4.69, 9.17) is 8.85 Å². The maximum atomic E-state index is 7.70. The van der Waals surface area contributed by atoms with E-state index in [2.05, 4.69) is 30.2 Å². The fourth-order valence-electron chi connectivity index (χ4n) is 5.42. The molecule has 0 spiro atoms. The lowest BCUT2D eigenvalue weighted by molar-refractivity contribution is 0.127. The number of rotatable bonds is 1. The Bertz CT molecular complexity index is 759. The van der Waals surface area contributed by atoms with Crippen LogP contribution in [0.1, 0.15) is 63.3 Å². The highest BCUT2D eigenvalue weighted by molar-refractivity contribution is 8.04.